The Morgan fingerprint density at radius 2 is 2.13 bits per heavy atom. The van der Waals surface area contributed by atoms with Crippen LogP contribution in [0, 0.1) is 0 Å². The van der Waals surface area contributed by atoms with Crippen molar-refractivity contribution in [2.45, 2.75) is 6.92 Å². The van der Waals surface area contributed by atoms with Crippen LogP contribution in [-0.2, 0) is 14.3 Å². The second-order valence-corrected chi connectivity index (χ2v) is 5.40. The molecule has 23 heavy (non-hydrogen) atoms. The van der Waals surface area contributed by atoms with Crippen molar-refractivity contribution >= 4 is 51.5 Å². The molecule has 0 unspecified atom stereocenters. The monoisotopic (exact) mass is 354 g/mol. The molecule has 0 atom stereocenters. The van der Waals surface area contributed by atoms with Gasteiger partial charge in [0.25, 0.3) is 5.91 Å². The Labute approximate surface area is 139 Å². The smallest absolute Gasteiger partial charge is 0.358 e. The number of thiazole rings is 1. The lowest BCUT2D eigenvalue weighted by atomic mass is 10.4. The van der Waals surface area contributed by atoms with Crippen molar-refractivity contribution in [3.05, 3.63) is 34.6 Å². The van der Waals surface area contributed by atoms with E-state index < -0.39 is 18.5 Å². The van der Waals surface area contributed by atoms with E-state index >= 15 is 0 Å². The largest absolute Gasteiger partial charge is 0.451 e. The highest BCUT2D eigenvalue weighted by atomic mass is 35.5. The van der Waals surface area contributed by atoms with E-state index in [1.807, 2.05) is 0 Å². The van der Waals surface area contributed by atoms with Gasteiger partial charge < -0.3 is 15.4 Å². The third kappa shape index (κ3) is 5.01. The van der Waals surface area contributed by atoms with Crippen molar-refractivity contribution in [3.8, 4) is 0 Å². The van der Waals surface area contributed by atoms with Crippen LogP contribution in [0.1, 0.15) is 17.4 Å². The number of carbonyl (C=O) groups excluding carboxylic acids is 3. The lowest BCUT2D eigenvalue weighted by Gasteiger charge is -2.06. The van der Waals surface area contributed by atoms with Gasteiger partial charge in [-0.2, -0.15) is 0 Å². The zero-order chi connectivity index (χ0) is 16.8. The van der Waals surface area contributed by atoms with Crippen LogP contribution in [0.15, 0.2) is 23.7 Å². The van der Waals surface area contributed by atoms with Gasteiger partial charge >= 0.3 is 5.97 Å². The third-order valence-electron chi connectivity index (χ3n) is 2.36. The minimum absolute atomic E-state index is 0.00552. The fourth-order valence-electron chi connectivity index (χ4n) is 1.45. The maximum Gasteiger partial charge on any atom is 0.358 e. The second kappa shape index (κ2) is 7.65. The van der Waals surface area contributed by atoms with E-state index in [4.69, 9.17) is 16.3 Å². The molecule has 0 spiro atoms. The molecule has 2 aromatic rings. The Morgan fingerprint density at radius 3 is 2.83 bits per heavy atom. The number of aromatic nitrogens is 2. The fraction of sp³-hybridized carbons (Fsp3) is 0.154. The lowest BCUT2D eigenvalue weighted by molar-refractivity contribution is -0.119. The molecule has 0 radical (unpaired) electrons. The highest BCUT2D eigenvalue weighted by Crippen LogP contribution is 2.18. The molecule has 2 rings (SSSR count). The van der Waals surface area contributed by atoms with Crippen LogP contribution in [0.5, 0.6) is 0 Å². The van der Waals surface area contributed by atoms with Crippen molar-refractivity contribution in [1.29, 1.82) is 0 Å². The number of esters is 1. The summed E-state index contributed by atoms with van der Waals surface area (Å²) in [7, 11) is 0. The lowest BCUT2D eigenvalue weighted by Crippen LogP contribution is -2.21. The Kier molecular flexibility index (Phi) is 5.61. The first-order chi connectivity index (χ1) is 11.0. The second-order valence-electron chi connectivity index (χ2n) is 4.19. The van der Waals surface area contributed by atoms with E-state index in [9.17, 15) is 14.4 Å². The third-order valence-corrected chi connectivity index (χ3v) is 3.42. The summed E-state index contributed by atoms with van der Waals surface area (Å²) in [6.07, 6.45) is 1.48. The van der Waals surface area contributed by atoms with Crippen molar-refractivity contribution in [2.24, 2.45) is 0 Å². The van der Waals surface area contributed by atoms with Crippen LogP contribution in [0.25, 0.3) is 0 Å². The van der Waals surface area contributed by atoms with Crippen LogP contribution in [-0.4, -0.2) is 34.4 Å². The van der Waals surface area contributed by atoms with Gasteiger partial charge in [-0.25, -0.2) is 14.8 Å². The minimum atomic E-state index is -0.773. The van der Waals surface area contributed by atoms with Crippen LogP contribution in [0.4, 0.5) is 10.8 Å². The standard InChI is InChI=1S/C13H11ClN4O4S/c1-7(19)16-13-18-9(6-23-13)12(21)22-5-10(20)17-8-3-2-4-15-11(8)14/h2-4,6H,5H2,1H3,(H,17,20)(H,16,18,19). The molecule has 0 saturated heterocycles. The number of carbonyl (C=O) groups is 3. The summed E-state index contributed by atoms with van der Waals surface area (Å²) in [6, 6.07) is 3.17. The van der Waals surface area contributed by atoms with Crippen LogP contribution >= 0.6 is 22.9 Å². The number of amides is 2. The first kappa shape index (κ1) is 16.8. The van der Waals surface area contributed by atoms with Crippen molar-refractivity contribution < 1.29 is 19.1 Å². The summed E-state index contributed by atoms with van der Waals surface area (Å²) in [6.45, 7) is 0.824. The van der Waals surface area contributed by atoms with Gasteiger partial charge in [0.15, 0.2) is 22.6 Å². The fourth-order valence-corrected chi connectivity index (χ4v) is 2.34. The van der Waals surface area contributed by atoms with Gasteiger partial charge in [0.2, 0.25) is 5.91 Å². The van der Waals surface area contributed by atoms with Crippen LogP contribution in [0.2, 0.25) is 5.15 Å². The summed E-state index contributed by atoms with van der Waals surface area (Å²) in [5.74, 6) is -1.64. The molecule has 2 aromatic heterocycles. The summed E-state index contributed by atoms with van der Waals surface area (Å²) in [5.41, 5.74) is 0.322. The van der Waals surface area contributed by atoms with Gasteiger partial charge in [-0.3, -0.25) is 9.59 Å². The van der Waals surface area contributed by atoms with Gasteiger partial charge in [-0.15, -0.1) is 11.3 Å². The number of anilines is 2. The topological polar surface area (TPSA) is 110 Å². The average molecular weight is 355 g/mol. The van der Waals surface area contributed by atoms with Crippen LogP contribution < -0.4 is 10.6 Å². The molecule has 0 aliphatic heterocycles. The minimum Gasteiger partial charge on any atom is -0.451 e. The molecular weight excluding hydrogens is 344 g/mol. The molecule has 10 heteroatoms. The Hall–Kier alpha value is -2.52. The number of hydrogen-bond acceptors (Lipinski definition) is 7. The van der Waals surface area contributed by atoms with E-state index in [-0.39, 0.29) is 21.9 Å². The van der Waals surface area contributed by atoms with E-state index in [1.165, 1.54) is 18.5 Å². The Morgan fingerprint density at radius 1 is 1.35 bits per heavy atom. The zero-order valence-corrected chi connectivity index (χ0v) is 13.4. The molecule has 0 aliphatic carbocycles. The van der Waals surface area contributed by atoms with Gasteiger partial charge in [-0.05, 0) is 12.1 Å². The summed E-state index contributed by atoms with van der Waals surface area (Å²) < 4.78 is 4.84. The molecular formula is C13H11ClN4O4S. The van der Waals surface area contributed by atoms with Crippen LogP contribution in [0.3, 0.4) is 0 Å². The summed E-state index contributed by atoms with van der Waals surface area (Å²) in [5, 5.41) is 6.73. The number of pyridine rings is 1. The summed E-state index contributed by atoms with van der Waals surface area (Å²) >= 11 is 6.87. The quantitative estimate of drug-likeness (QED) is 0.627. The molecule has 0 bridgehead atoms. The average Bonchev–Trinajstić information content (AvgIpc) is 2.95. The number of nitrogens with zero attached hydrogens (tertiary/aromatic N) is 2. The predicted octanol–water partition coefficient (Wildman–Crippen LogP) is 1.95. The van der Waals surface area contributed by atoms with E-state index in [1.54, 1.807) is 12.1 Å². The molecule has 0 aliphatic rings. The molecule has 2 amide bonds. The highest BCUT2D eigenvalue weighted by molar-refractivity contribution is 7.14. The van der Waals surface area contributed by atoms with E-state index in [0.29, 0.717) is 5.69 Å². The molecule has 0 fully saturated rings. The normalized spacial score (nSPS) is 10.0. The molecule has 0 aromatic carbocycles. The van der Waals surface area contributed by atoms with Gasteiger partial charge in [0, 0.05) is 18.5 Å². The van der Waals surface area contributed by atoms with Crippen molar-refractivity contribution in [1.82, 2.24) is 9.97 Å². The number of rotatable bonds is 5. The number of hydrogen-bond donors (Lipinski definition) is 2. The maximum absolute atomic E-state index is 11.8. The molecule has 0 saturated carbocycles. The molecule has 2 N–H and O–H groups in total. The molecule has 120 valence electrons. The maximum atomic E-state index is 11.8. The number of halogens is 1. The Balaban J connectivity index is 1.86. The first-order valence-electron chi connectivity index (χ1n) is 6.26. The predicted molar refractivity (Wildman–Crippen MR) is 84.6 cm³/mol. The summed E-state index contributed by atoms with van der Waals surface area (Å²) in [4.78, 5) is 42.0. The van der Waals surface area contributed by atoms with E-state index in [2.05, 4.69) is 20.6 Å². The van der Waals surface area contributed by atoms with Gasteiger partial charge in [-0.1, -0.05) is 11.6 Å². The van der Waals surface area contributed by atoms with Crippen molar-refractivity contribution in [3.63, 3.8) is 0 Å². The number of nitrogens with one attached hydrogen (secondary N) is 2. The SMILES string of the molecule is CC(=O)Nc1nc(C(=O)OCC(=O)Nc2cccnc2Cl)cs1. The Bertz CT molecular complexity index is 749. The molecule has 8 nitrogen and oxygen atoms in total. The van der Waals surface area contributed by atoms with Gasteiger partial charge in [0.05, 0.1) is 5.69 Å². The zero-order valence-electron chi connectivity index (χ0n) is 11.8. The number of ether oxygens (including phenoxy) is 1. The van der Waals surface area contributed by atoms with Crippen molar-refractivity contribution in [2.75, 3.05) is 17.2 Å². The first-order valence-corrected chi connectivity index (χ1v) is 7.52. The van der Waals surface area contributed by atoms with E-state index in [0.717, 1.165) is 11.3 Å². The molecule has 2 heterocycles. The highest BCUT2D eigenvalue weighted by Gasteiger charge is 2.15. The van der Waals surface area contributed by atoms with Gasteiger partial charge in [0.1, 0.15) is 0 Å².